The van der Waals surface area contributed by atoms with Crippen molar-refractivity contribution in [3.63, 3.8) is 0 Å². The highest BCUT2D eigenvalue weighted by Crippen LogP contribution is 2.07. The molecular formula is C11H14FNO2. The van der Waals surface area contributed by atoms with Gasteiger partial charge in [0.2, 0.25) is 0 Å². The smallest absolute Gasteiger partial charge is 0.325 e. The summed E-state index contributed by atoms with van der Waals surface area (Å²) in [5.74, 6) is -0.599. The number of halogens is 1. The van der Waals surface area contributed by atoms with Crippen molar-refractivity contribution in [2.75, 3.05) is 7.11 Å². The van der Waals surface area contributed by atoms with Crippen molar-refractivity contribution >= 4 is 5.97 Å². The van der Waals surface area contributed by atoms with Gasteiger partial charge in [0, 0.05) is 6.42 Å². The number of esters is 1. The lowest BCUT2D eigenvalue weighted by Gasteiger charge is -2.11. The lowest BCUT2D eigenvalue weighted by molar-refractivity contribution is -0.144. The Morgan fingerprint density at radius 2 is 2.07 bits per heavy atom. The molecule has 0 heterocycles. The van der Waals surface area contributed by atoms with Crippen LogP contribution in [0.5, 0.6) is 0 Å². The molecule has 1 aromatic carbocycles. The van der Waals surface area contributed by atoms with Crippen LogP contribution in [0.4, 0.5) is 4.48 Å². The number of carbonyl (C=O) groups is 1. The van der Waals surface area contributed by atoms with Crippen LogP contribution in [0.3, 0.4) is 0 Å². The van der Waals surface area contributed by atoms with Gasteiger partial charge in [-0.25, -0.2) is 0 Å². The summed E-state index contributed by atoms with van der Waals surface area (Å²) in [4.78, 5) is 11.1. The molecule has 0 saturated carbocycles. The van der Waals surface area contributed by atoms with Gasteiger partial charge in [0.25, 0.3) is 0 Å². The molecule has 0 aromatic heterocycles. The van der Waals surface area contributed by atoms with Crippen LogP contribution in [0.25, 0.3) is 0 Å². The molecule has 0 spiro atoms. The summed E-state index contributed by atoms with van der Waals surface area (Å²) in [5, 5.41) is 0. The molecule has 4 heteroatoms. The van der Waals surface area contributed by atoms with E-state index in [1.165, 1.54) is 12.6 Å². The Hall–Kier alpha value is -1.42. The number of hydrogen-bond donors (Lipinski definition) is 1. The predicted octanol–water partition coefficient (Wildman–Crippen LogP) is 1.55. The first-order valence-corrected chi connectivity index (χ1v) is 4.67. The first kappa shape index (κ1) is 11.7. The number of hydrogen-bond acceptors (Lipinski definition) is 3. The van der Waals surface area contributed by atoms with Crippen molar-refractivity contribution in [2.45, 2.75) is 19.4 Å². The van der Waals surface area contributed by atoms with Crippen molar-refractivity contribution in [1.82, 2.24) is 5.54 Å². The fourth-order valence-electron chi connectivity index (χ4n) is 1.27. The average molecular weight is 211 g/mol. The second-order valence-electron chi connectivity index (χ2n) is 3.37. The summed E-state index contributed by atoms with van der Waals surface area (Å²) in [6, 6.07) is 6.63. The van der Waals surface area contributed by atoms with E-state index in [4.69, 9.17) is 0 Å². The molecule has 1 unspecified atom stereocenters. The maximum absolute atomic E-state index is 12.3. The molecule has 3 nitrogen and oxygen atoms in total. The monoisotopic (exact) mass is 211 g/mol. The second kappa shape index (κ2) is 5.46. The summed E-state index contributed by atoms with van der Waals surface area (Å²) in [6.07, 6.45) is 0.281. The van der Waals surface area contributed by atoms with Crippen LogP contribution < -0.4 is 5.54 Å². The Morgan fingerprint density at radius 1 is 1.47 bits per heavy atom. The van der Waals surface area contributed by atoms with E-state index in [2.05, 4.69) is 4.74 Å². The summed E-state index contributed by atoms with van der Waals surface area (Å²) in [6.45, 7) is 1.97. The lowest BCUT2D eigenvalue weighted by Crippen LogP contribution is -2.34. The number of carbonyl (C=O) groups excluding carboxylic acids is 1. The van der Waals surface area contributed by atoms with Gasteiger partial charge in [-0.2, -0.15) is 0 Å². The zero-order valence-electron chi connectivity index (χ0n) is 8.79. The Labute approximate surface area is 88.2 Å². The normalized spacial score (nSPS) is 12.2. The van der Waals surface area contributed by atoms with Crippen molar-refractivity contribution in [2.24, 2.45) is 0 Å². The first-order valence-electron chi connectivity index (χ1n) is 4.67. The predicted molar refractivity (Wildman–Crippen MR) is 54.9 cm³/mol. The molecule has 0 radical (unpaired) electrons. The molecule has 1 rings (SSSR count). The van der Waals surface area contributed by atoms with Gasteiger partial charge in [-0.05, 0) is 12.5 Å². The third kappa shape index (κ3) is 3.32. The quantitative estimate of drug-likeness (QED) is 0.606. The fraction of sp³-hybridized carbons (Fsp3) is 0.364. The standard InChI is InChI=1S/C11H14FNO2/c1-8-3-5-9(6-4-8)7-10(13-12)11(14)15-2/h3-6,10,13H,7H2,1-2H3. The van der Waals surface area contributed by atoms with Crippen LogP contribution in [0.2, 0.25) is 0 Å². The van der Waals surface area contributed by atoms with Gasteiger partial charge in [-0.3, -0.25) is 4.79 Å². The zero-order chi connectivity index (χ0) is 11.3. The summed E-state index contributed by atoms with van der Waals surface area (Å²) >= 11 is 0. The highest BCUT2D eigenvalue weighted by atomic mass is 19.2. The number of ether oxygens (including phenoxy) is 1. The molecule has 1 atom stereocenters. The molecule has 15 heavy (non-hydrogen) atoms. The largest absolute Gasteiger partial charge is 0.468 e. The van der Waals surface area contributed by atoms with Crippen LogP contribution in [-0.2, 0) is 16.0 Å². The van der Waals surface area contributed by atoms with Gasteiger partial charge < -0.3 is 4.74 Å². The van der Waals surface area contributed by atoms with Crippen LogP contribution in [0.1, 0.15) is 11.1 Å². The number of methoxy groups -OCH3 is 1. The molecule has 0 aliphatic carbocycles. The molecule has 0 saturated heterocycles. The Bertz CT molecular complexity index is 324. The SMILES string of the molecule is COC(=O)C(Cc1ccc(C)cc1)NF. The summed E-state index contributed by atoms with van der Waals surface area (Å²) < 4.78 is 16.8. The number of nitrogens with one attached hydrogen (secondary N) is 1. The van der Waals surface area contributed by atoms with E-state index >= 15 is 0 Å². The van der Waals surface area contributed by atoms with E-state index in [1.807, 2.05) is 31.2 Å². The van der Waals surface area contributed by atoms with E-state index in [-0.39, 0.29) is 6.42 Å². The van der Waals surface area contributed by atoms with Gasteiger partial charge in [0.1, 0.15) is 6.04 Å². The van der Waals surface area contributed by atoms with Crippen LogP contribution in [0.15, 0.2) is 24.3 Å². The van der Waals surface area contributed by atoms with E-state index < -0.39 is 12.0 Å². The average Bonchev–Trinajstić information content (AvgIpc) is 2.27. The van der Waals surface area contributed by atoms with Gasteiger partial charge >= 0.3 is 5.97 Å². The zero-order valence-corrected chi connectivity index (χ0v) is 8.79. The Morgan fingerprint density at radius 3 is 2.53 bits per heavy atom. The van der Waals surface area contributed by atoms with Gasteiger partial charge in [0.05, 0.1) is 7.11 Å². The highest BCUT2D eigenvalue weighted by molar-refractivity contribution is 5.75. The molecule has 0 bridgehead atoms. The summed E-state index contributed by atoms with van der Waals surface area (Å²) in [5.41, 5.74) is 3.46. The molecule has 1 N–H and O–H groups in total. The van der Waals surface area contributed by atoms with E-state index in [9.17, 15) is 9.28 Å². The molecule has 82 valence electrons. The third-order valence-corrected chi connectivity index (χ3v) is 2.18. The minimum Gasteiger partial charge on any atom is -0.468 e. The molecule has 0 amide bonds. The van der Waals surface area contributed by atoms with Crippen molar-refractivity contribution in [1.29, 1.82) is 0 Å². The third-order valence-electron chi connectivity index (χ3n) is 2.18. The van der Waals surface area contributed by atoms with Crippen molar-refractivity contribution < 1.29 is 14.0 Å². The fourth-order valence-corrected chi connectivity index (χ4v) is 1.27. The van der Waals surface area contributed by atoms with Crippen LogP contribution in [-0.4, -0.2) is 19.1 Å². The number of rotatable bonds is 4. The Kier molecular flexibility index (Phi) is 4.24. The second-order valence-corrected chi connectivity index (χ2v) is 3.37. The van der Waals surface area contributed by atoms with E-state index in [0.717, 1.165) is 11.1 Å². The lowest BCUT2D eigenvalue weighted by atomic mass is 10.1. The van der Waals surface area contributed by atoms with Gasteiger partial charge in [-0.15, -0.1) is 10.0 Å². The first-order chi connectivity index (χ1) is 7.17. The minimum atomic E-state index is -0.933. The van der Waals surface area contributed by atoms with Crippen LogP contribution >= 0.6 is 0 Å². The number of benzene rings is 1. The molecule has 0 aliphatic rings. The maximum atomic E-state index is 12.3. The van der Waals surface area contributed by atoms with Crippen molar-refractivity contribution in [3.8, 4) is 0 Å². The van der Waals surface area contributed by atoms with Crippen LogP contribution in [0, 0.1) is 6.92 Å². The molecule has 1 aromatic rings. The number of aryl methyl sites for hydroxylation is 1. The molecule has 0 aliphatic heterocycles. The minimum absolute atomic E-state index is 0.281. The molecular weight excluding hydrogens is 197 g/mol. The molecule has 0 fully saturated rings. The van der Waals surface area contributed by atoms with E-state index in [1.54, 1.807) is 0 Å². The highest BCUT2D eigenvalue weighted by Gasteiger charge is 2.18. The van der Waals surface area contributed by atoms with Gasteiger partial charge in [-0.1, -0.05) is 29.8 Å². The Balaban J connectivity index is 2.66. The topological polar surface area (TPSA) is 38.3 Å². The summed E-state index contributed by atoms with van der Waals surface area (Å²) in [7, 11) is 1.24. The van der Waals surface area contributed by atoms with E-state index in [0.29, 0.717) is 0 Å². The van der Waals surface area contributed by atoms with Crippen molar-refractivity contribution in [3.05, 3.63) is 35.4 Å². The van der Waals surface area contributed by atoms with Gasteiger partial charge in [0.15, 0.2) is 0 Å². The maximum Gasteiger partial charge on any atom is 0.325 e.